The van der Waals surface area contributed by atoms with Crippen molar-refractivity contribution in [2.45, 2.75) is 6.04 Å². The number of benzene rings is 1. The number of carbonyl (C=O) groups is 2. The van der Waals surface area contributed by atoms with Gasteiger partial charge in [0.25, 0.3) is 0 Å². The Morgan fingerprint density at radius 1 is 1.29 bits per heavy atom. The summed E-state index contributed by atoms with van der Waals surface area (Å²) >= 11 is 0. The summed E-state index contributed by atoms with van der Waals surface area (Å²) < 4.78 is 13.5. The standard InChI is InChI=1S/C11H13NO5/c1-15-8-5-3-4-7(6-8)9(12)10(13)17-11(14)16-2/h3-6,9H,12H2,1-2H3/t9-/m1/s1. The SMILES string of the molecule is COC(=O)OC(=O)[C@H](N)c1cccc(OC)c1. The summed E-state index contributed by atoms with van der Waals surface area (Å²) in [6.07, 6.45) is -1.09. The lowest BCUT2D eigenvalue weighted by Gasteiger charge is -2.10. The van der Waals surface area contributed by atoms with Crippen LogP contribution in [0.2, 0.25) is 0 Å². The van der Waals surface area contributed by atoms with Crippen molar-refractivity contribution in [2.75, 3.05) is 14.2 Å². The third kappa shape index (κ3) is 3.46. The molecule has 0 aliphatic rings. The number of methoxy groups -OCH3 is 2. The minimum absolute atomic E-state index is 0.484. The Labute approximate surface area is 98.3 Å². The molecule has 0 bridgehead atoms. The summed E-state index contributed by atoms with van der Waals surface area (Å²) in [6.45, 7) is 0. The zero-order chi connectivity index (χ0) is 12.8. The molecule has 0 aromatic heterocycles. The molecule has 0 radical (unpaired) electrons. The molecule has 1 aromatic carbocycles. The van der Waals surface area contributed by atoms with Crippen LogP contribution in [0.4, 0.5) is 4.79 Å². The van der Waals surface area contributed by atoms with Crippen molar-refractivity contribution >= 4 is 12.1 Å². The Kier molecular flexibility index (Phi) is 4.47. The van der Waals surface area contributed by atoms with Gasteiger partial charge < -0.3 is 19.9 Å². The van der Waals surface area contributed by atoms with Crippen LogP contribution in [0.5, 0.6) is 5.75 Å². The van der Waals surface area contributed by atoms with Gasteiger partial charge in [0, 0.05) is 0 Å². The van der Waals surface area contributed by atoms with Crippen LogP contribution in [0.15, 0.2) is 24.3 Å². The summed E-state index contributed by atoms with van der Waals surface area (Å²) in [5.41, 5.74) is 6.11. The third-order valence-corrected chi connectivity index (χ3v) is 2.06. The fourth-order valence-corrected chi connectivity index (χ4v) is 1.16. The number of hydrogen-bond donors (Lipinski definition) is 1. The lowest BCUT2D eigenvalue weighted by Crippen LogP contribution is -2.26. The average Bonchev–Trinajstić information content (AvgIpc) is 2.37. The molecule has 1 rings (SSSR count). The Balaban J connectivity index is 2.77. The van der Waals surface area contributed by atoms with E-state index in [0.29, 0.717) is 11.3 Å². The molecule has 17 heavy (non-hydrogen) atoms. The van der Waals surface area contributed by atoms with Gasteiger partial charge in [-0.2, -0.15) is 0 Å². The predicted molar refractivity (Wildman–Crippen MR) is 58.4 cm³/mol. The van der Waals surface area contributed by atoms with Crippen molar-refractivity contribution in [2.24, 2.45) is 5.73 Å². The molecule has 0 amide bonds. The highest BCUT2D eigenvalue weighted by molar-refractivity contribution is 5.86. The van der Waals surface area contributed by atoms with Crippen LogP contribution in [-0.4, -0.2) is 26.3 Å². The van der Waals surface area contributed by atoms with Crippen molar-refractivity contribution in [1.29, 1.82) is 0 Å². The molecular weight excluding hydrogens is 226 g/mol. The molecule has 0 aliphatic heterocycles. The first-order valence-electron chi connectivity index (χ1n) is 4.77. The molecule has 0 saturated carbocycles. The lowest BCUT2D eigenvalue weighted by molar-refractivity contribution is -0.141. The second-order valence-electron chi connectivity index (χ2n) is 3.13. The maximum Gasteiger partial charge on any atom is 0.515 e. The molecule has 0 heterocycles. The summed E-state index contributed by atoms with van der Waals surface area (Å²) in [7, 11) is 2.60. The van der Waals surface area contributed by atoms with E-state index in [0.717, 1.165) is 7.11 Å². The fraction of sp³-hybridized carbons (Fsp3) is 0.273. The molecule has 0 saturated heterocycles. The topological polar surface area (TPSA) is 87.9 Å². The fourth-order valence-electron chi connectivity index (χ4n) is 1.16. The molecule has 92 valence electrons. The molecular formula is C11H13NO5. The molecule has 1 atom stereocenters. The van der Waals surface area contributed by atoms with Crippen molar-refractivity contribution in [1.82, 2.24) is 0 Å². The highest BCUT2D eigenvalue weighted by atomic mass is 16.7. The van der Waals surface area contributed by atoms with Crippen LogP contribution in [-0.2, 0) is 14.3 Å². The van der Waals surface area contributed by atoms with Crippen molar-refractivity contribution in [3.05, 3.63) is 29.8 Å². The molecule has 2 N–H and O–H groups in total. The molecule has 1 aromatic rings. The molecule has 6 nitrogen and oxygen atoms in total. The second kappa shape index (κ2) is 5.86. The van der Waals surface area contributed by atoms with Gasteiger partial charge in [-0.15, -0.1) is 0 Å². The van der Waals surface area contributed by atoms with Crippen LogP contribution in [0.25, 0.3) is 0 Å². The number of carbonyl (C=O) groups excluding carboxylic acids is 2. The molecule has 0 spiro atoms. The van der Waals surface area contributed by atoms with Crippen LogP contribution in [0.3, 0.4) is 0 Å². The third-order valence-electron chi connectivity index (χ3n) is 2.06. The van der Waals surface area contributed by atoms with E-state index >= 15 is 0 Å². The van der Waals surface area contributed by atoms with Crippen LogP contribution in [0, 0.1) is 0 Å². The molecule has 0 fully saturated rings. The number of hydrogen-bond acceptors (Lipinski definition) is 6. The largest absolute Gasteiger partial charge is 0.515 e. The van der Waals surface area contributed by atoms with Gasteiger partial charge in [-0.1, -0.05) is 12.1 Å². The van der Waals surface area contributed by atoms with Gasteiger partial charge in [-0.05, 0) is 17.7 Å². The first kappa shape index (κ1) is 13.0. The number of rotatable bonds is 3. The van der Waals surface area contributed by atoms with E-state index < -0.39 is 18.2 Å². The van der Waals surface area contributed by atoms with Gasteiger partial charge >= 0.3 is 12.1 Å². The predicted octanol–water partition coefficient (Wildman–Crippen LogP) is 1.00. The van der Waals surface area contributed by atoms with E-state index in [1.54, 1.807) is 24.3 Å². The van der Waals surface area contributed by atoms with E-state index in [1.807, 2.05) is 0 Å². The zero-order valence-electron chi connectivity index (χ0n) is 9.51. The maximum absolute atomic E-state index is 11.4. The van der Waals surface area contributed by atoms with Crippen LogP contribution < -0.4 is 10.5 Å². The Morgan fingerprint density at radius 3 is 2.59 bits per heavy atom. The molecule has 0 unspecified atom stereocenters. The lowest BCUT2D eigenvalue weighted by atomic mass is 10.1. The maximum atomic E-state index is 11.4. The smallest absolute Gasteiger partial charge is 0.497 e. The quantitative estimate of drug-likeness (QED) is 0.625. The minimum atomic E-state index is -1.09. The normalized spacial score (nSPS) is 11.5. The van der Waals surface area contributed by atoms with Gasteiger partial charge in [0.1, 0.15) is 11.8 Å². The van der Waals surface area contributed by atoms with Gasteiger partial charge in [-0.3, -0.25) is 0 Å². The van der Waals surface area contributed by atoms with Crippen molar-refractivity contribution in [3.63, 3.8) is 0 Å². The minimum Gasteiger partial charge on any atom is -0.497 e. The van der Waals surface area contributed by atoms with Crippen LogP contribution >= 0.6 is 0 Å². The Hall–Kier alpha value is -2.08. The van der Waals surface area contributed by atoms with E-state index in [2.05, 4.69) is 9.47 Å². The highest BCUT2D eigenvalue weighted by Crippen LogP contribution is 2.18. The number of ether oxygens (including phenoxy) is 3. The molecule has 0 aliphatic carbocycles. The Bertz CT molecular complexity index is 418. The van der Waals surface area contributed by atoms with Crippen molar-refractivity contribution in [3.8, 4) is 5.75 Å². The summed E-state index contributed by atoms with van der Waals surface area (Å²) in [5.74, 6) is -0.325. The average molecular weight is 239 g/mol. The van der Waals surface area contributed by atoms with Crippen LogP contribution in [0.1, 0.15) is 11.6 Å². The summed E-state index contributed by atoms with van der Waals surface area (Å²) in [5, 5.41) is 0. The van der Waals surface area contributed by atoms with Gasteiger partial charge in [0.05, 0.1) is 14.2 Å². The molecule has 6 heteroatoms. The highest BCUT2D eigenvalue weighted by Gasteiger charge is 2.21. The Morgan fingerprint density at radius 2 is 2.00 bits per heavy atom. The van der Waals surface area contributed by atoms with Gasteiger partial charge in [0.15, 0.2) is 0 Å². The van der Waals surface area contributed by atoms with E-state index in [4.69, 9.17) is 10.5 Å². The van der Waals surface area contributed by atoms with Crippen molar-refractivity contribution < 1.29 is 23.8 Å². The summed E-state index contributed by atoms with van der Waals surface area (Å²) in [4.78, 5) is 22.2. The number of esters is 1. The first-order chi connectivity index (χ1) is 8.08. The first-order valence-corrected chi connectivity index (χ1v) is 4.77. The number of nitrogens with two attached hydrogens (primary N) is 1. The van der Waals surface area contributed by atoms with E-state index in [-0.39, 0.29) is 0 Å². The monoisotopic (exact) mass is 239 g/mol. The summed E-state index contributed by atoms with van der Waals surface area (Å²) in [6, 6.07) is 5.54. The second-order valence-corrected chi connectivity index (χ2v) is 3.13. The zero-order valence-corrected chi connectivity index (χ0v) is 9.51. The van der Waals surface area contributed by atoms with Gasteiger partial charge in [-0.25, -0.2) is 9.59 Å². The van der Waals surface area contributed by atoms with E-state index in [9.17, 15) is 9.59 Å². The van der Waals surface area contributed by atoms with Gasteiger partial charge in [0.2, 0.25) is 0 Å². The van der Waals surface area contributed by atoms with E-state index in [1.165, 1.54) is 7.11 Å².